The summed E-state index contributed by atoms with van der Waals surface area (Å²) in [5.41, 5.74) is 0.785. The Morgan fingerprint density at radius 2 is 2.00 bits per heavy atom. The first-order chi connectivity index (χ1) is 9.20. The van der Waals surface area contributed by atoms with Crippen molar-refractivity contribution in [2.24, 2.45) is 0 Å². The molecule has 1 aromatic heterocycles. The molecule has 0 fully saturated rings. The first kappa shape index (κ1) is 13.0. The molecule has 98 valence electrons. The van der Waals surface area contributed by atoms with Gasteiger partial charge in [0.15, 0.2) is 0 Å². The molecular formula is C13H12N2O4. The summed E-state index contributed by atoms with van der Waals surface area (Å²) in [6, 6.07) is 9.77. The van der Waals surface area contributed by atoms with Gasteiger partial charge in [-0.3, -0.25) is 10.1 Å². The number of aliphatic hydroxyl groups excluding tert-OH is 1. The number of rotatable bonds is 5. The molecule has 0 atom stereocenters. The standard InChI is InChI=1S/C13H12N2O4/c16-9-7-10-3-5-11(6-4-10)19-13-12(15(17)18)2-1-8-14-13/h1-6,8,16H,7,9H2. The van der Waals surface area contributed by atoms with E-state index in [-0.39, 0.29) is 18.2 Å². The quantitative estimate of drug-likeness (QED) is 0.658. The van der Waals surface area contributed by atoms with Crippen molar-refractivity contribution in [3.63, 3.8) is 0 Å². The monoisotopic (exact) mass is 260 g/mol. The molecule has 6 nitrogen and oxygen atoms in total. The number of aliphatic hydroxyl groups is 1. The third-order valence-electron chi connectivity index (χ3n) is 2.49. The van der Waals surface area contributed by atoms with Gasteiger partial charge in [0.25, 0.3) is 5.88 Å². The van der Waals surface area contributed by atoms with E-state index in [1.54, 1.807) is 24.3 Å². The number of hydrogen-bond donors (Lipinski definition) is 1. The third kappa shape index (κ3) is 3.26. The van der Waals surface area contributed by atoms with Crippen LogP contribution < -0.4 is 4.74 Å². The summed E-state index contributed by atoms with van der Waals surface area (Å²) in [6.45, 7) is 0.0753. The van der Waals surface area contributed by atoms with E-state index < -0.39 is 4.92 Å². The molecule has 0 saturated carbocycles. The maximum atomic E-state index is 10.8. The van der Waals surface area contributed by atoms with Gasteiger partial charge in [0.1, 0.15) is 5.75 Å². The van der Waals surface area contributed by atoms with Crippen LogP contribution in [-0.2, 0) is 6.42 Å². The summed E-state index contributed by atoms with van der Waals surface area (Å²) in [5.74, 6) is 0.422. The van der Waals surface area contributed by atoms with Gasteiger partial charge in [-0.15, -0.1) is 0 Å². The van der Waals surface area contributed by atoms with Crippen molar-refractivity contribution in [2.45, 2.75) is 6.42 Å². The number of pyridine rings is 1. The van der Waals surface area contributed by atoms with Crippen LogP contribution in [0.5, 0.6) is 11.6 Å². The Morgan fingerprint density at radius 1 is 1.26 bits per heavy atom. The SMILES string of the molecule is O=[N+]([O-])c1cccnc1Oc1ccc(CCO)cc1. The fourth-order valence-corrected chi connectivity index (χ4v) is 1.56. The highest BCUT2D eigenvalue weighted by atomic mass is 16.6. The second-order valence-electron chi connectivity index (χ2n) is 3.80. The van der Waals surface area contributed by atoms with Gasteiger partial charge in [-0.25, -0.2) is 4.98 Å². The lowest BCUT2D eigenvalue weighted by atomic mass is 10.1. The minimum atomic E-state index is -0.539. The minimum absolute atomic E-state index is 0.0394. The van der Waals surface area contributed by atoms with Crippen molar-refractivity contribution in [1.82, 2.24) is 4.98 Å². The van der Waals surface area contributed by atoms with Crippen LogP contribution in [0.1, 0.15) is 5.56 Å². The van der Waals surface area contributed by atoms with Crippen molar-refractivity contribution >= 4 is 5.69 Å². The van der Waals surface area contributed by atoms with Crippen molar-refractivity contribution < 1.29 is 14.8 Å². The molecule has 19 heavy (non-hydrogen) atoms. The van der Waals surface area contributed by atoms with E-state index in [4.69, 9.17) is 9.84 Å². The number of aromatic nitrogens is 1. The van der Waals surface area contributed by atoms with Crippen LogP contribution in [0, 0.1) is 10.1 Å². The molecule has 6 heteroatoms. The Hall–Kier alpha value is -2.47. The molecule has 1 N–H and O–H groups in total. The second-order valence-corrected chi connectivity index (χ2v) is 3.80. The molecule has 0 aliphatic heterocycles. The summed E-state index contributed by atoms with van der Waals surface area (Å²) in [4.78, 5) is 14.1. The zero-order valence-corrected chi connectivity index (χ0v) is 10.0. The average molecular weight is 260 g/mol. The van der Waals surface area contributed by atoms with Crippen molar-refractivity contribution in [1.29, 1.82) is 0 Å². The predicted octanol–water partition coefficient (Wildman–Crippen LogP) is 2.32. The molecule has 0 radical (unpaired) electrons. The molecule has 0 bridgehead atoms. The Balaban J connectivity index is 2.19. The number of nitro groups is 1. The van der Waals surface area contributed by atoms with Gasteiger partial charge in [0, 0.05) is 18.9 Å². The van der Waals surface area contributed by atoms with Gasteiger partial charge in [-0.2, -0.15) is 0 Å². The summed E-state index contributed by atoms with van der Waals surface area (Å²) >= 11 is 0. The van der Waals surface area contributed by atoms with Gasteiger partial charge >= 0.3 is 5.69 Å². The molecule has 1 heterocycles. The Labute approximate surface area is 109 Å². The molecule has 0 unspecified atom stereocenters. The summed E-state index contributed by atoms with van der Waals surface area (Å²) in [7, 11) is 0. The van der Waals surface area contributed by atoms with Gasteiger partial charge in [-0.1, -0.05) is 12.1 Å². The molecule has 2 aromatic rings. The highest BCUT2D eigenvalue weighted by Gasteiger charge is 2.16. The highest BCUT2D eigenvalue weighted by Crippen LogP contribution is 2.28. The Kier molecular flexibility index (Phi) is 4.04. The van der Waals surface area contributed by atoms with E-state index >= 15 is 0 Å². The summed E-state index contributed by atoms with van der Waals surface area (Å²) < 4.78 is 5.39. The second kappa shape index (κ2) is 5.92. The number of ether oxygens (including phenoxy) is 1. The van der Waals surface area contributed by atoms with Crippen LogP contribution in [0.2, 0.25) is 0 Å². The van der Waals surface area contributed by atoms with Crippen LogP contribution in [0.4, 0.5) is 5.69 Å². The molecular weight excluding hydrogens is 248 g/mol. The fourth-order valence-electron chi connectivity index (χ4n) is 1.56. The van der Waals surface area contributed by atoms with Crippen LogP contribution >= 0.6 is 0 Å². The normalized spacial score (nSPS) is 10.2. The average Bonchev–Trinajstić information content (AvgIpc) is 2.42. The molecule has 0 aliphatic carbocycles. The lowest BCUT2D eigenvalue weighted by molar-refractivity contribution is -0.386. The molecule has 0 amide bonds. The van der Waals surface area contributed by atoms with E-state index in [2.05, 4.69) is 4.98 Å². The summed E-state index contributed by atoms with van der Waals surface area (Å²) in [6.07, 6.45) is 1.99. The maximum Gasteiger partial charge on any atom is 0.331 e. The molecule has 0 spiro atoms. The zero-order chi connectivity index (χ0) is 13.7. The highest BCUT2D eigenvalue weighted by molar-refractivity contribution is 5.42. The first-order valence-electron chi connectivity index (χ1n) is 5.68. The van der Waals surface area contributed by atoms with E-state index in [9.17, 15) is 10.1 Å². The van der Waals surface area contributed by atoms with E-state index in [0.29, 0.717) is 12.2 Å². The zero-order valence-electron chi connectivity index (χ0n) is 10.0. The van der Waals surface area contributed by atoms with E-state index in [1.165, 1.54) is 18.3 Å². The van der Waals surface area contributed by atoms with E-state index in [1.807, 2.05) is 0 Å². The van der Waals surface area contributed by atoms with Gasteiger partial charge < -0.3 is 9.84 Å². The first-order valence-corrected chi connectivity index (χ1v) is 5.68. The van der Waals surface area contributed by atoms with Gasteiger partial charge in [0.05, 0.1) is 4.92 Å². The summed E-state index contributed by atoms with van der Waals surface area (Å²) in [5, 5.41) is 19.6. The predicted molar refractivity (Wildman–Crippen MR) is 68.2 cm³/mol. The number of nitrogens with zero attached hydrogens (tertiary/aromatic N) is 2. The lowest BCUT2D eigenvalue weighted by Crippen LogP contribution is -1.96. The fraction of sp³-hybridized carbons (Fsp3) is 0.154. The van der Waals surface area contributed by atoms with Crippen molar-refractivity contribution in [3.8, 4) is 11.6 Å². The van der Waals surface area contributed by atoms with Crippen LogP contribution in [0.3, 0.4) is 0 Å². The van der Waals surface area contributed by atoms with Crippen molar-refractivity contribution in [2.75, 3.05) is 6.61 Å². The largest absolute Gasteiger partial charge is 0.434 e. The van der Waals surface area contributed by atoms with Crippen LogP contribution in [-0.4, -0.2) is 21.6 Å². The number of benzene rings is 1. The molecule has 1 aromatic carbocycles. The maximum absolute atomic E-state index is 10.8. The smallest absolute Gasteiger partial charge is 0.331 e. The Bertz CT molecular complexity index is 569. The van der Waals surface area contributed by atoms with Gasteiger partial charge in [0.2, 0.25) is 0 Å². The topological polar surface area (TPSA) is 85.5 Å². The van der Waals surface area contributed by atoms with Crippen molar-refractivity contribution in [3.05, 3.63) is 58.3 Å². The minimum Gasteiger partial charge on any atom is -0.434 e. The third-order valence-corrected chi connectivity index (χ3v) is 2.49. The van der Waals surface area contributed by atoms with Crippen LogP contribution in [0.15, 0.2) is 42.6 Å². The molecule has 0 saturated heterocycles. The molecule has 2 rings (SSSR count). The van der Waals surface area contributed by atoms with Crippen LogP contribution in [0.25, 0.3) is 0 Å². The van der Waals surface area contributed by atoms with Gasteiger partial charge in [-0.05, 0) is 30.2 Å². The van der Waals surface area contributed by atoms with E-state index in [0.717, 1.165) is 5.56 Å². The Morgan fingerprint density at radius 3 is 2.63 bits per heavy atom. The number of hydrogen-bond acceptors (Lipinski definition) is 5. The molecule has 0 aliphatic rings. The lowest BCUT2D eigenvalue weighted by Gasteiger charge is -2.05.